The van der Waals surface area contributed by atoms with E-state index >= 15 is 0 Å². The Morgan fingerprint density at radius 3 is 2.74 bits per heavy atom. The summed E-state index contributed by atoms with van der Waals surface area (Å²) in [7, 11) is 0. The van der Waals surface area contributed by atoms with Crippen molar-refractivity contribution in [1.29, 1.82) is 0 Å². The van der Waals surface area contributed by atoms with E-state index in [1.165, 1.54) is 5.56 Å². The number of nitrogens with zero attached hydrogens (tertiary/aromatic N) is 1. The van der Waals surface area contributed by atoms with Crippen molar-refractivity contribution < 1.29 is 14.3 Å². The zero-order valence-electron chi connectivity index (χ0n) is 15.5. The van der Waals surface area contributed by atoms with Gasteiger partial charge in [-0.25, -0.2) is 0 Å². The molecule has 0 radical (unpaired) electrons. The third-order valence-corrected chi connectivity index (χ3v) is 5.43. The van der Waals surface area contributed by atoms with Crippen LogP contribution in [0.3, 0.4) is 0 Å². The van der Waals surface area contributed by atoms with Crippen LogP contribution in [0.5, 0.6) is 5.75 Å². The molecule has 1 fully saturated rings. The number of nitrogens with one attached hydrogen (secondary N) is 1. The van der Waals surface area contributed by atoms with Gasteiger partial charge in [-0.15, -0.1) is 0 Å². The Labute approximate surface area is 159 Å². The summed E-state index contributed by atoms with van der Waals surface area (Å²) < 4.78 is 5.66. The molecule has 0 aliphatic carbocycles. The molecule has 1 saturated heterocycles. The molecule has 140 valence electrons. The summed E-state index contributed by atoms with van der Waals surface area (Å²) in [4.78, 5) is 27.0. The molecule has 0 saturated carbocycles. The summed E-state index contributed by atoms with van der Waals surface area (Å²) in [5.74, 6) is 0.456. The van der Waals surface area contributed by atoms with Crippen molar-refractivity contribution >= 4 is 17.5 Å². The van der Waals surface area contributed by atoms with Crippen molar-refractivity contribution in [1.82, 2.24) is 5.32 Å². The van der Waals surface area contributed by atoms with Gasteiger partial charge in [0, 0.05) is 30.6 Å². The molecule has 1 N–H and O–H groups in total. The number of carbonyl (C=O) groups is 2. The Morgan fingerprint density at radius 2 is 1.96 bits per heavy atom. The molecule has 2 aromatic carbocycles. The lowest BCUT2D eigenvalue weighted by Crippen LogP contribution is -2.37. The molecule has 2 heterocycles. The largest absolute Gasteiger partial charge is 0.493 e. The first-order valence-corrected chi connectivity index (χ1v) is 9.57. The fourth-order valence-electron chi connectivity index (χ4n) is 3.83. The molecule has 2 aliphatic rings. The SMILES string of the molecule is CCc1ccc(N2C[C@H](C(=O)N[C@H]3CCOc4ccccc43)CC2=O)cc1. The van der Waals surface area contributed by atoms with E-state index in [0.717, 1.165) is 29.8 Å². The van der Waals surface area contributed by atoms with Crippen LogP contribution < -0.4 is 15.0 Å². The highest BCUT2D eigenvalue weighted by atomic mass is 16.5. The van der Waals surface area contributed by atoms with Gasteiger partial charge >= 0.3 is 0 Å². The van der Waals surface area contributed by atoms with Crippen LogP contribution in [-0.2, 0) is 16.0 Å². The van der Waals surface area contributed by atoms with Gasteiger partial charge in [0.1, 0.15) is 5.75 Å². The lowest BCUT2D eigenvalue weighted by Gasteiger charge is -2.27. The number of rotatable bonds is 4. The van der Waals surface area contributed by atoms with Gasteiger partial charge in [0.2, 0.25) is 11.8 Å². The number of aryl methyl sites for hydroxylation is 1. The molecule has 0 bridgehead atoms. The van der Waals surface area contributed by atoms with Crippen molar-refractivity contribution in [3.63, 3.8) is 0 Å². The van der Waals surface area contributed by atoms with Gasteiger partial charge in [0.15, 0.2) is 0 Å². The molecule has 5 nitrogen and oxygen atoms in total. The minimum absolute atomic E-state index is 0.00627. The maximum absolute atomic E-state index is 12.8. The average Bonchev–Trinajstić information content (AvgIpc) is 3.10. The molecule has 5 heteroatoms. The van der Waals surface area contributed by atoms with Crippen LogP contribution in [0.4, 0.5) is 5.69 Å². The molecule has 4 rings (SSSR count). The number of amides is 2. The summed E-state index contributed by atoms with van der Waals surface area (Å²) in [6, 6.07) is 15.7. The van der Waals surface area contributed by atoms with E-state index in [1.54, 1.807) is 4.90 Å². The predicted molar refractivity (Wildman–Crippen MR) is 104 cm³/mol. The second-order valence-corrected chi connectivity index (χ2v) is 7.16. The van der Waals surface area contributed by atoms with Crippen molar-refractivity contribution in [2.75, 3.05) is 18.1 Å². The van der Waals surface area contributed by atoms with E-state index in [0.29, 0.717) is 13.2 Å². The molecule has 0 aromatic heterocycles. The van der Waals surface area contributed by atoms with E-state index in [-0.39, 0.29) is 30.2 Å². The normalized spacial score (nSPS) is 21.5. The zero-order valence-corrected chi connectivity index (χ0v) is 15.5. The lowest BCUT2D eigenvalue weighted by atomic mass is 9.99. The quantitative estimate of drug-likeness (QED) is 0.906. The first kappa shape index (κ1) is 17.6. The summed E-state index contributed by atoms with van der Waals surface area (Å²) >= 11 is 0. The number of hydrogen-bond donors (Lipinski definition) is 1. The Hall–Kier alpha value is -2.82. The van der Waals surface area contributed by atoms with E-state index < -0.39 is 0 Å². The highest BCUT2D eigenvalue weighted by Gasteiger charge is 2.36. The third-order valence-electron chi connectivity index (χ3n) is 5.43. The van der Waals surface area contributed by atoms with Gasteiger partial charge in [-0.05, 0) is 30.2 Å². The van der Waals surface area contributed by atoms with Crippen LogP contribution in [0, 0.1) is 5.92 Å². The second kappa shape index (κ2) is 7.43. The number of ether oxygens (including phenoxy) is 1. The van der Waals surface area contributed by atoms with Gasteiger partial charge in [-0.2, -0.15) is 0 Å². The summed E-state index contributed by atoms with van der Waals surface area (Å²) in [6.45, 7) is 3.12. The van der Waals surface area contributed by atoms with Gasteiger partial charge in [-0.3, -0.25) is 9.59 Å². The Morgan fingerprint density at radius 1 is 1.19 bits per heavy atom. The van der Waals surface area contributed by atoms with Gasteiger partial charge in [0.05, 0.1) is 18.6 Å². The average molecular weight is 364 g/mol. The highest BCUT2D eigenvalue weighted by Crippen LogP contribution is 2.32. The number of carbonyl (C=O) groups excluding carboxylic acids is 2. The fourth-order valence-corrected chi connectivity index (χ4v) is 3.83. The van der Waals surface area contributed by atoms with Crippen LogP contribution in [0.15, 0.2) is 48.5 Å². The van der Waals surface area contributed by atoms with Crippen LogP contribution in [0.1, 0.15) is 36.9 Å². The van der Waals surface area contributed by atoms with Crippen LogP contribution in [0.25, 0.3) is 0 Å². The number of anilines is 1. The predicted octanol–water partition coefficient (Wildman–Crippen LogP) is 3.24. The second-order valence-electron chi connectivity index (χ2n) is 7.16. The maximum Gasteiger partial charge on any atom is 0.227 e. The van der Waals surface area contributed by atoms with Gasteiger partial charge in [-0.1, -0.05) is 37.3 Å². The molecular weight excluding hydrogens is 340 g/mol. The fraction of sp³-hybridized carbons (Fsp3) is 0.364. The van der Waals surface area contributed by atoms with Crippen LogP contribution in [-0.4, -0.2) is 25.0 Å². The maximum atomic E-state index is 12.8. The summed E-state index contributed by atoms with van der Waals surface area (Å²) in [6.07, 6.45) is 1.96. The number of hydrogen-bond acceptors (Lipinski definition) is 3. The molecule has 2 amide bonds. The summed E-state index contributed by atoms with van der Waals surface area (Å²) in [5, 5.41) is 3.13. The van der Waals surface area contributed by atoms with Gasteiger partial charge < -0.3 is 15.0 Å². The molecule has 2 aromatic rings. The highest BCUT2D eigenvalue weighted by molar-refractivity contribution is 6.00. The van der Waals surface area contributed by atoms with Gasteiger partial charge in [0.25, 0.3) is 0 Å². The lowest BCUT2D eigenvalue weighted by molar-refractivity contribution is -0.127. The molecule has 0 unspecified atom stereocenters. The van der Waals surface area contributed by atoms with Crippen molar-refractivity contribution in [2.24, 2.45) is 5.92 Å². The van der Waals surface area contributed by atoms with E-state index in [2.05, 4.69) is 12.2 Å². The Kier molecular flexibility index (Phi) is 4.84. The topological polar surface area (TPSA) is 58.6 Å². The van der Waals surface area contributed by atoms with Crippen molar-refractivity contribution in [3.8, 4) is 5.75 Å². The van der Waals surface area contributed by atoms with Crippen molar-refractivity contribution in [3.05, 3.63) is 59.7 Å². The van der Waals surface area contributed by atoms with E-state index in [1.807, 2.05) is 48.5 Å². The summed E-state index contributed by atoms with van der Waals surface area (Å²) in [5.41, 5.74) is 3.11. The minimum atomic E-state index is -0.321. The minimum Gasteiger partial charge on any atom is -0.493 e. The molecule has 27 heavy (non-hydrogen) atoms. The Balaban J connectivity index is 1.44. The number of fused-ring (bicyclic) bond motifs is 1. The number of para-hydroxylation sites is 1. The molecule has 2 atom stereocenters. The first-order chi connectivity index (χ1) is 13.2. The zero-order chi connectivity index (χ0) is 18.8. The Bertz CT molecular complexity index is 847. The number of benzene rings is 2. The molecule has 2 aliphatic heterocycles. The third kappa shape index (κ3) is 3.54. The van der Waals surface area contributed by atoms with Crippen molar-refractivity contribution in [2.45, 2.75) is 32.2 Å². The van der Waals surface area contributed by atoms with E-state index in [4.69, 9.17) is 4.74 Å². The first-order valence-electron chi connectivity index (χ1n) is 9.57. The van der Waals surface area contributed by atoms with Crippen LogP contribution in [0.2, 0.25) is 0 Å². The van der Waals surface area contributed by atoms with Crippen LogP contribution >= 0.6 is 0 Å². The molecular formula is C22H24N2O3. The monoisotopic (exact) mass is 364 g/mol. The standard InChI is InChI=1S/C22H24N2O3/c1-2-15-7-9-17(10-8-15)24-14-16(13-21(24)25)22(26)23-19-11-12-27-20-6-4-3-5-18(19)20/h3-10,16,19H,2,11-14H2,1H3,(H,23,26)/t16-,19+/m1/s1. The smallest absolute Gasteiger partial charge is 0.227 e. The molecule has 0 spiro atoms. The van der Waals surface area contributed by atoms with E-state index in [9.17, 15) is 9.59 Å².